The summed E-state index contributed by atoms with van der Waals surface area (Å²) in [6, 6.07) is 10.4. The Bertz CT molecular complexity index is 822. The average Bonchev–Trinajstić information content (AvgIpc) is 2.91. The standard InChI is InChI=1S/C19H20FN3O2/c1-12-6-7-16(10-13(12)2)23-9-8-17(18(23)24)22-19(25)21-15-5-3-4-14(20)11-15/h3-7,10-11,17H,8-9H2,1-2H3,(H2,21,22,25). The minimum atomic E-state index is -0.588. The number of urea groups is 1. The van der Waals surface area contributed by atoms with Crippen LogP contribution < -0.4 is 15.5 Å². The van der Waals surface area contributed by atoms with Gasteiger partial charge in [-0.15, -0.1) is 0 Å². The second-order valence-electron chi connectivity index (χ2n) is 6.21. The average molecular weight is 341 g/mol. The van der Waals surface area contributed by atoms with Gasteiger partial charge in [0.1, 0.15) is 11.9 Å². The Morgan fingerprint density at radius 3 is 2.68 bits per heavy atom. The Labute approximate surface area is 145 Å². The summed E-state index contributed by atoms with van der Waals surface area (Å²) < 4.78 is 13.2. The molecule has 6 heteroatoms. The van der Waals surface area contributed by atoms with Crippen LogP contribution in [0.15, 0.2) is 42.5 Å². The number of carbonyl (C=O) groups is 2. The highest BCUT2D eigenvalue weighted by molar-refractivity contribution is 6.02. The zero-order valence-corrected chi connectivity index (χ0v) is 14.2. The lowest BCUT2D eigenvalue weighted by atomic mass is 10.1. The molecule has 25 heavy (non-hydrogen) atoms. The number of halogens is 1. The first-order chi connectivity index (χ1) is 11.9. The van der Waals surface area contributed by atoms with Crippen molar-refractivity contribution in [2.24, 2.45) is 0 Å². The summed E-state index contributed by atoms with van der Waals surface area (Å²) >= 11 is 0. The zero-order valence-electron chi connectivity index (χ0n) is 14.2. The number of nitrogens with zero attached hydrogens (tertiary/aromatic N) is 1. The van der Waals surface area contributed by atoms with Crippen molar-refractivity contribution in [1.29, 1.82) is 0 Å². The molecule has 1 aliphatic rings. The summed E-state index contributed by atoms with van der Waals surface area (Å²) in [5.74, 6) is -0.576. The molecule has 0 aromatic heterocycles. The van der Waals surface area contributed by atoms with Crippen molar-refractivity contribution in [3.8, 4) is 0 Å². The van der Waals surface area contributed by atoms with Gasteiger partial charge in [0, 0.05) is 17.9 Å². The van der Waals surface area contributed by atoms with Crippen molar-refractivity contribution in [2.45, 2.75) is 26.3 Å². The Hall–Kier alpha value is -2.89. The number of benzene rings is 2. The molecule has 2 aromatic rings. The van der Waals surface area contributed by atoms with Gasteiger partial charge in [-0.25, -0.2) is 9.18 Å². The third kappa shape index (κ3) is 3.79. The van der Waals surface area contributed by atoms with Crippen LogP contribution in [0.25, 0.3) is 0 Å². The van der Waals surface area contributed by atoms with E-state index in [1.54, 1.807) is 11.0 Å². The van der Waals surface area contributed by atoms with Crippen LogP contribution in [0.2, 0.25) is 0 Å². The molecule has 2 aromatic carbocycles. The molecule has 0 spiro atoms. The summed E-state index contributed by atoms with van der Waals surface area (Å²) in [6.45, 7) is 4.57. The number of hydrogen-bond acceptors (Lipinski definition) is 2. The van der Waals surface area contributed by atoms with Crippen LogP contribution in [0.3, 0.4) is 0 Å². The van der Waals surface area contributed by atoms with Crippen molar-refractivity contribution in [1.82, 2.24) is 5.32 Å². The summed E-state index contributed by atoms with van der Waals surface area (Å²) in [5, 5.41) is 5.20. The van der Waals surface area contributed by atoms with E-state index >= 15 is 0 Å². The largest absolute Gasteiger partial charge is 0.326 e. The second kappa shape index (κ2) is 6.93. The summed E-state index contributed by atoms with van der Waals surface area (Å²) in [7, 11) is 0. The van der Waals surface area contributed by atoms with E-state index in [2.05, 4.69) is 10.6 Å². The Morgan fingerprint density at radius 2 is 1.96 bits per heavy atom. The molecule has 2 N–H and O–H groups in total. The number of nitrogens with one attached hydrogen (secondary N) is 2. The molecule has 130 valence electrons. The van der Waals surface area contributed by atoms with Gasteiger partial charge >= 0.3 is 6.03 Å². The smallest absolute Gasteiger partial charge is 0.319 e. The molecule has 5 nitrogen and oxygen atoms in total. The van der Waals surface area contributed by atoms with Gasteiger partial charge in [-0.05, 0) is 61.7 Å². The van der Waals surface area contributed by atoms with Crippen LogP contribution in [0.5, 0.6) is 0 Å². The summed E-state index contributed by atoms with van der Waals surface area (Å²) in [6.07, 6.45) is 0.530. The van der Waals surface area contributed by atoms with E-state index in [0.717, 1.165) is 11.3 Å². The third-order valence-corrected chi connectivity index (χ3v) is 4.40. The zero-order chi connectivity index (χ0) is 18.0. The first-order valence-electron chi connectivity index (χ1n) is 8.16. The van der Waals surface area contributed by atoms with Crippen LogP contribution >= 0.6 is 0 Å². The predicted molar refractivity (Wildman–Crippen MR) is 95.2 cm³/mol. The van der Waals surface area contributed by atoms with E-state index in [-0.39, 0.29) is 5.91 Å². The van der Waals surface area contributed by atoms with Gasteiger partial charge in [-0.1, -0.05) is 12.1 Å². The number of amides is 3. The van der Waals surface area contributed by atoms with E-state index < -0.39 is 17.9 Å². The Morgan fingerprint density at radius 1 is 1.16 bits per heavy atom. The molecule has 3 amide bonds. The van der Waals surface area contributed by atoms with Gasteiger partial charge in [0.15, 0.2) is 0 Å². The molecule has 0 saturated carbocycles. The number of anilines is 2. The van der Waals surface area contributed by atoms with Crippen molar-refractivity contribution >= 4 is 23.3 Å². The van der Waals surface area contributed by atoms with Gasteiger partial charge in [0.05, 0.1) is 0 Å². The van der Waals surface area contributed by atoms with Gasteiger partial charge in [-0.3, -0.25) is 4.79 Å². The number of aryl methyl sites for hydroxylation is 2. The second-order valence-corrected chi connectivity index (χ2v) is 6.21. The summed E-state index contributed by atoms with van der Waals surface area (Å²) in [5.41, 5.74) is 3.46. The van der Waals surface area contributed by atoms with E-state index in [0.29, 0.717) is 18.7 Å². The third-order valence-electron chi connectivity index (χ3n) is 4.40. The fraction of sp³-hybridized carbons (Fsp3) is 0.263. The molecule has 1 heterocycles. The monoisotopic (exact) mass is 341 g/mol. The van der Waals surface area contributed by atoms with E-state index in [1.165, 1.54) is 23.8 Å². The molecule has 0 bridgehead atoms. The quantitative estimate of drug-likeness (QED) is 0.899. The van der Waals surface area contributed by atoms with E-state index in [9.17, 15) is 14.0 Å². The van der Waals surface area contributed by atoms with Crippen molar-refractivity contribution in [3.63, 3.8) is 0 Å². The molecule has 0 aliphatic carbocycles. The van der Waals surface area contributed by atoms with Gasteiger partial charge in [0.25, 0.3) is 0 Å². The first kappa shape index (κ1) is 17.0. The maximum atomic E-state index is 13.2. The maximum Gasteiger partial charge on any atom is 0.319 e. The highest BCUT2D eigenvalue weighted by atomic mass is 19.1. The highest BCUT2D eigenvalue weighted by Crippen LogP contribution is 2.24. The number of rotatable bonds is 3. The topological polar surface area (TPSA) is 61.4 Å². The molecule has 1 saturated heterocycles. The van der Waals surface area contributed by atoms with Crippen LogP contribution in [-0.4, -0.2) is 24.5 Å². The maximum absolute atomic E-state index is 13.2. The van der Waals surface area contributed by atoms with Crippen LogP contribution in [-0.2, 0) is 4.79 Å². The lowest BCUT2D eigenvalue weighted by Crippen LogP contribution is -2.43. The van der Waals surface area contributed by atoms with Crippen molar-refractivity contribution in [2.75, 3.05) is 16.8 Å². The predicted octanol–water partition coefficient (Wildman–Crippen LogP) is 3.37. The fourth-order valence-corrected chi connectivity index (χ4v) is 2.86. The Balaban J connectivity index is 1.63. The van der Waals surface area contributed by atoms with Crippen molar-refractivity contribution in [3.05, 3.63) is 59.4 Å². The lowest BCUT2D eigenvalue weighted by Gasteiger charge is -2.18. The van der Waals surface area contributed by atoms with Crippen LogP contribution in [0.4, 0.5) is 20.6 Å². The first-order valence-corrected chi connectivity index (χ1v) is 8.16. The normalized spacial score (nSPS) is 16.8. The number of hydrogen-bond donors (Lipinski definition) is 2. The van der Waals surface area contributed by atoms with E-state index in [4.69, 9.17) is 0 Å². The molecule has 1 atom stereocenters. The fourth-order valence-electron chi connectivity index (χ4n) is 2.86. The highest BCUT2D eigenvalue weighted by Gasteiger charge is 2.33. The molecule has 3 rings (SSSR count). The molecule has 1 aliphatic heterocycles. The molecule has 1 fully saturated rings. The number of carbonyl (C=O) groups excluding carboxylic acids is 2. The van der Waals surface area contributed by atoms with Crippen molar-refractivity contribution < 1.29 is 14.0 Å². The van der Waals surface area contributed by atoms with Gasteiger partial charge < -0.3 is 15.5 Å². The van der Waals surface area contributed by atoms with E-state index in [1.807, 2.05) is 32.0 Å². The molecular weight excluding hydrogens is 321 g/mol. The summed E-state index contributed by atoms with van der Waals surface area (Å²) in [4.78, 5) is 26.3. The van der Waals surface area contributed by atoms with Gasteiger partial charge in [0.2, 0.25) is 5.91 Å². The minimum Gasteiger partial charge on any atom is -0.326 e. The SMILES string of the molecule is Cc1ccc(N2CCC(NC(=O)Nc3cccc(F)c3)C2=O)cc1C. The molecule has 1 unspecified atom stereocenters. The lowest BCUT2D eigenvalue weighted by molar-refractivity contribution is -0.118. The Kier molecular flexibility index (Phi) is 4.70. The molecular formula is C19H20FN3O2. The van der Waals surface area contributed by atoms with Gasteiger partial charge in [-0.2, -0.15) is 0 Å². The van der Waals surface area contributed by atoms with Crippen LogP contribution in [0.1, 0.15) is 17.5 Å². The molecule has 0 radical (unpaired) electrons. The van der Waals surface area contributed by atoms with Crippen LogP contribution in [0, 0.1) is 19.7 Å². The minimum absolute atomic E-state index is 0.141.